The van der Waals surface area contributed by atoms with Gasteiger partial charge in [0.2, 0.25) is 0 Å². The summed E-state index contributed by atoms with van der Waals surface area (Å²) in [6.45, 7) is 1.95. The molecule has 2 aromatic heterocycles. The smallest absolute Gasteiger partial charge is 0.327 e. The predicted octanol–water partition coefficient (Wildman–Crippen LogP) is 2.15. The molecule has 1 atom stereocenters. The number of H-pyrrole nitrogens is 2. The number of benzene rings is 1. The molecule has 3 N–H and O–H groups in total. The maximum Gasteiger partial charge on any atom is 0.327 e. The molecule has 3 aromatic rings. The van der Waals surface area contributed by atoms with Gasteiger partial charge in [0.05, 0.1) is 17.0 Å². The van der Waals surface area contributed by atoms with E-state index in [0.29, 0.717) is 11.4 Å². The number of carbonyl (C=O) groups is 1. The molecule has 8 heteroatoms. The van der Waals surface area contributed by atoms with Crippen LogP contribution in [0.5, 0.6) is 0 Å². The minimum Gasteiger partial charge on any atom is -0.345 e. The Morgan fingerprint density at radius 2 is 1.96 bits per heavy atom. The molecule has 3 rings (SSSR count). The van der Waals surface area contributed by atoms with Gasteiger partial charge in [0.1, 0.15) is 5.65 Å². The average Bonchev–Trinajstić information content (AvgIpc) is 2.60. The van der Waals surface area contributed by atoms with Crippen LogP contribution in [0.3, 0.4) is 0 Å². The molecule has 7 nitrogen and oxygen atoms in total. The van der Waals surface area contributed by atoms with Crippen molar-refractivity contribution in [3.8, 4) is 0 Å². The first-order chi connectivity index (χ1) is 12.0. The maximum absolute atomic E-state index is 12.5. The fraction of sp³-hybridized carbons (Fsp3) is 0.176. The van der Waals surface area contributed by atoms with Crippen LogP contribution in [0.1, 0.15) is 35.3 Å². The highest BCUT2D eigenvalue weighted by molar-refractivity contribution is 6.30. The van der Waals surface area contributed by atoms with Crippen LogP contribution < -0.4 is 16.6 Å². The predicted molar refractivity (Wildman–Crippen MR) is 94.9 cm³/mol. The van der Waals surface area contributed by atoms with Crippen LogP contribution >= 0.6 is 11.6 Å². The Hall–Kier alpha value is -2.93. The summed E-state index contributed by atoms with van der Waals surface area (Å²) in [6.07, 6.45) is 2.00. The number of aromatic nitrogens is 3. The fourth-order valence-electron chi connectivity index (χ4n) is 2.53. The Bertz CT molecular complexity index is 1040. The van der Waals surface area contributed by atoms with E-state index < -0.39 is 11.2 Å². The molecule has 0 radical (unpaired) electrons. The molecule has 0 spiro atoms. The van der Waals surface area contributed by atoms with E-state index in [1.54, 1.807) is 12.1 Å². The highest BCUT2D eigenvalue weighted by Crippen LogP contribution is 2.20. The number of amides is 1. The molecule has 0 aliphatic heterocycles. The zero-order valence-electron chi connectivity index (χ0n) is 13.3. The number of nitrogens with one attached hydrogen (secondary N) is 3. The van der Waals surface area contributed by atoms with Gasteiger partial charge in [-0.1, -0.05) is 30.7 Å². The quantitative estimate of drug-likeness (QED) is 0.664. The van der Waals surface area contributed by atoms with Gasteiger partial charge >= 0.3 is 5.69 Å². The van der Waals surface area contributed by atoms with E-state index >= 15 is 0 Å². The molecule has 0 saturated carbocycles. The van der Waals surface area contributed by atoms with Crippen LogP contribution in [0.15, 0.2) is 46.1 Å². The molecule has 128 valence electrons. The van der Waals surface area contributed by atoms with Crippen LogP contribution in [-0.4, -0.2) is 20.9 Å². The lowest BCUT2D eigenvalue weighted by molar-refractivity contribution is 0.0935. The molecule has 1 aromatic carbocycles. The fourth-order valence-corrected chi connectivity index (χ4v) is 2.65. The minimum absolute atomic E-state index is 0.134. The van der Waals surface area contributed by atoms with E-state index in [1.807, 2.05) is 19.1 Å². The molecule has 1 unspecified atom stereocenters. The highest BCUT2D eigenvalue weighted by Gasteiger charge is 2.15. The molecule has 0 fully saturated rings. The van der Waals surface area contributed by atoms with Crippen LogP contribution in [-0.2, 0) is 0 Å². The van der Waals surface area contributed by atoms with Gasteiger partial charge in [-0.3, -0.25) is 19.6 Å². The van der Waals surface area contributed by atoms with E-state index in [-0.39, 0.29) is 28.5 Å². The zero-order chi connectivity index (χ0) is 18.0. The Morgan fingerprint density at radius 1 is 1.24 bits per heavy atom. The zero-order valence-corrected chi connectivity index (χ0v) is 14.1. The van der Waals surface area contributed by atoms with Gasteiger partial charge in [-0.25, -0.2) is 9.78 Å². The molecular formula is C17H15ClN4O3. The van der Waals surface area contributed by atoms with Gasteiger partial charge in [0.25, 0.3) is 11.5 Å². The second-order valence-corrected chi connectivity index (χ2v) is 5.95. The average molecular weight is 359 g/mol. The summed E-state index contributed by atoms with van der Waals surface area (Å²) in [6, 6.07) is 8.43. The monoisotopic (exact) mass is 358 g/mol. The van der Waals surface area contributed by atoms with Crippen molar-refractivity contribution in [3.63, 3.8) is 0 Å². The van der Waals surface area contributed by atoms with Crippen molar-refractivity contribution in [2.24, 2.45) is 0 Å². The minimum atomic E-state index is -0.643. The van der Waals surface area contributed by atoms with Gasteiger partial charge in [0, 0.05) is 11.2 Å². The largest absolute Gasteiger partial charge is 0.345 e. The molecular weight excluding hydrogens is 344 g/mol. The summed E-state index contributed by atoms with van der Waals surface area (Å²) in [5.74, 6) is -0.359. The Balaban J connectivity index is 1.89. The second kappa shape index (κ2) is 6.90. The first-order valence-electron chi connectivity index (χ1n) is 7.66. The van der Waals surface area contributed by atoms with Crippen LogP contribution in [0.2, 0.25) is 5.02 Å². The molecule has 0 aliphatic carbocycles. The summed E-state index contributed by atoms with van der Waals surface area (Å²) >= 11 is 5.89. The lowest BCUT2D eigenvalue weighted by Crippen LogP contribution is -2.29. The van der Waals surface area contributed by atoms with Gasteiger partial charge in [-0.05, 0) is 30.2 Å². The van der Waals surface area contributed by atoms with Crippen molar-refractivity contribution in [2.45, 2.75) is 19.4 Å². The van der Waals surface area contributed by atoms with Gasteiger partial charge in [0.15, 0.2) is 0 Å². The number of aromatic amines is 2. The molecule has 1 amide bonds. The van der Waals surface area contributed by atoms with E-state index in [9.17, 15) is 14.4 Å². The van der Waals surface area contributed by atoms with Crippen molar-refractivity contribution in [3.05, 3.63) is 73.5 Å². The van der Waals surface area contributed by atoms with E-state index in [4.69, 9.17) is 11.6 Å². The lowest BCUT2D eigenvalue weighted by atomic mass is 10.0. The number of pyridine rings is 1. The van der Waals surface area contributed by atoms with Crippen molar-refractivity contribution < 1.29 is 4.79 Å². The third-order valence-corrected chi connectivity index (χ3v) is 4.09. The van der Waals surface area contributed by atoms with Crippen LogP contribution in [0, 0.1) is 0 Å². The number of rotatable bonds is 4. The SMILES string of the molecule is CCC(NC(=O)c1cnc2[nH]c(=O)[nH]c(=O)c2c1)c1ccc(Cl)cc1. The van der Waals surface area contributed by atoms with Crippen LogP contribution in [0.25, 0.3) is 11.0 Å². The number of halogens is 1. The van der Waals surface area contributed by atoms with E-state index in [0.717, 1.165) is 5.56 Å². The Labute approximate surface area is 147 Å². The van der Waals surface area contributed by atoms with Crippen molar-refractivity contribution in [2.75, 3.05) is 0 Å². The van der Waals surface area contributed by atoms with Gasteiger partial charge in [-0.2, -0.15) is 0 Å². The summed E-state index contributed by atoms with van der Waals surface area (Å²) in [5.41, 5.74) is 0.0605. The molecule has 2 heterocycles. The Kier molecular flexibility index (Phi) is 4.67. The molecule has 25 heavy (non-hydrogen) atoms. The van der Waals surface area contributed by atoms with Crippen molar-refractivity contribution in [1.29, 1.82) is 0 Å². The highest BCUT2D eigenvalue weighted by atomic mass is 35.5. The standard InChI is InChI=1S/C17H15ClN4O3/c1-2-13(9-3-5-11(18)6-4-9)20-15(23)10-7-12-14(19-8-10)21-17(25)22-16(12)24/h3-8,13H,2H2,1H3,(H,20,23)(H2,19,21,22,24,25). The summed E-state index contributed by atoms with van der Waals surface area (Å²) in [5, 5.41) is 3.68. The van der Waals surface area contributed by atoms with Gasteiger partial charge < -0.3 is 5.32 Å². The van der Waals surface area contributed by atoms with Gasteiger partial charge in [-0.15, -0.1) is 0 Å². The van der Waals surface area contributed by atoms with Crippen molar-refractivity contribution in [1.82, 2.24) is 20.3 Å². The van der Waals surface area contributed by atoms with E-state index in [2.05, 4.69) is 20.3 Å². The van der Waals surface area contributed by atoms with Crippen molar-refractivity contribution >= 4 is 28.5 Å². The first-order valence-corrected chi connectivity index (χ1v) is 8.04. The van der Waals surface area contributed by atoms with E-state index in [1.165, 1.54) is 12.3 Å². The number of carbonyl (C=O) groups excluding carboxylic acids is 1. The third-order valence-electron chi connectivity index (χ3n) is 3.84. The first kappa shape index (κ1) is 16.9. The third kappa shape index (κ3) is 3.61. The number of hydrogen-bond donors (Lipinski definition) is 3. The number of nitrogens with zero attached hydrogens (tertiary/aromatic N) is 1. The summed E-state index contributed by atoms with van der Waals surface area (Å²) < 4.78 is 0. The summed E-state index contributed by atoms with van der Waals surface area (Å²) in [4.78, 5) is 44.1. The maximum atomic E-state index is 12.5. The number of hydrogen-bond acceptors (Lipinski definition) is 4. The number of fused-ring (bicyclic) bond motifs is 1. The lowest BCUT2D eigenvalue weighted by Gasteiger charge is -2.17. The molecule has 0 aliphatic rings. The second-order valence-electron chi connectivity index (χ2n) is 5.51. The summed E-state index contributed by atoms with van der Waals surface area (Å²) in [7, 11) is 0. The van der Waals surface area contributed by atoms with Crippen LogP contribution in [0.4, 0.5) is 0 Å². The Morgan fingerprint density at radius 3 is 2.64 bits per heavy atom. The molecule has 0 bridgehead atoms. The normalized spacial score (nSPS) is 12.1. The molecule has 0 saturated heterocycles. The topological polar surface area (TPSA) is 108 Å².